The van der Waals surface area contributed by atoms with Gasteiger partial charge in [0.25, 0.3) is 5.91 Å². The minimum Gasteiger partial charge on any atom is -0.406 e. The topological polar surface area (TPSA) is 53.6 Å². The maximum atomic E-state index is 13.9. The fourth-order valence-corrected chi connectivity index (χ4v) is 5.05. The number of carbonyl (C=O) groups excluding carboxylic acids is 1. The molecule has 1 amide bonds. The zero-order valence-electron chi connectivity index (χ0n) is 20.4. The number of piperidine rings is 1. The first kappa shape index (κ1) is 29.1. The molecule has 1 atom stereocenters. The predicted octanol–water partition coefficient (Wildman–Crippen LogP) is 5.83. The van der Waals surface area contributed by atoms with Gasteiger partial charge in [-0.3, -0.25) is 9.69 Å². The molecule has 37 heavy (non-hydrogen) atoms. The van der Waals surface area contributed by atoms with E-state index in [9.17, 15) is 31.1 Å². The second-order valence-corrected chi connectivity index (χ2v) is 9.97. The highest BCUT2D eigenvalue weighted by Crippen LogP contribution is 2.34. The Hall–Kier alpha value is -2.44. The molecule has 0 spiro atoms. The molecule has 0 unspecified atom stereocenters. The van der Waals surface area contributed by atoms with Gasteiger partial charge in [0.05, 0.1) is 5.56 Å². The Morgan fingerprint density at radius 2 is 1.86 bits per heavy atom. The molecule has 1 saturated heterocycles. The SMILES string of the molecule is CCSc1ccc(OC(F)(F)F)cc1CNC(=O)c1ccc(CN2CCC[C@H](NC)C2)c(C(F)(F)F)c1. The van der Waals surface area contributed by atoms with E-state index in [2.05, 4.69) is 15.4 Å². The van der Waals surface area contributed by atoms with Crippen LogP contribution in [0, 0.1) is 0 Å². The third-order valence-corrected chi connectivity index (χ3v) is 6.99. The highest BCUT2D eigenvalue weighted by atomic mass is 32.2. The van der Waals surface area contributed by atoms with Gasteiger partial charge >= 0.3 is 12.5 Å². The van der Waals surface area contributed by atoms with E-state index in [0.717, 1.165) is 25.0 Å². The van der Waals surface area contributed by atoms with Crippen molar-refractivity contribution in [3.05, 3.63) is 58.7 Å². The standard InChI is InChI=1S/C25H29F6N3O2S/c1-3-37-22-9-8-20(36-25(29,30)31)11-18(22)13-33-23(35)16-6-7-17(21(12-16)24(26,27)28)14-34-10-4-5-19(15-34)32-2/h6-9,11-12,19,32H,3-5,10,13-15H2,1-2H3,(H,33,35)/t19-/m0/s1. The van der Waals surface area contributed by atoms with E-state index in [4.69, 9.17) is 0 Å². The Morgan fingerprint density at radius 1 is 1.11 bits per heavy atom. The van der Waals surface area contributed by atoms with Crippen molar-refractivity contribution in [2.24, 2.45) is 0 Å². The van der Waals surface area contributed by atoms with Crippen LogP contribution in [0.4, 0.5) is 26.3 Å². The molecular formula is C25H29F6N3O2S. The smallest absolute Gasteiger partial charge is 0.406 e. The number of benzene rings is 2. The summed E-state index contributed by atoms with van der Waals surface area (Å²) in [6, 6.07) is 7.48. The summed E-state index contributed by atoms with van der Waals surface area (Å²) >= 11 is 1.36. The quantitative estimate of drug-likeness (QED) is 0.305. The van der Waals surface area contributed by atoms with Crippen LogP contribution < -0.4 is 15.4 Å². The van der Waals surface area contributed by atoms with Crippen molar-refractivity contribution < 1.29 is 35.9 Å². The monoisotopic (exact) mass is 549 g/mol. The van der Waals surface area contributed by atoms with Gasteiger partial charge in [0.2, 0.25) is 0 Å². The molecule has 0 aliphatic carbocycles. The van der Waals surface area contributed by atoms with Crippen molar-refractivity contribution in [2.75, 3.05) is 25.9 Å². The molecule has 1 aliphatic rings. The number of ether oxygens (including phenoxy) is 1. The zero-order chi connectivity index (χ0) is 27.2. The number of hydrogen-bond acceptors (Lipinski definition) is 5. The Kier molecular flexibility index (Phi) is 9.76. The van der Waals surface area contributed by atoms with E-state index in [0.29, 0.717) is 29.3 Å². The first-order valence-electron chi connectivity index (χ1n) is 11.8. The van der Waals surface area contributed by atoms with Crippen LogP contribution in [0.1, 0.15) is 46.8 Å². The lowest BCUT2D eigenvalue weighted by Crippen LogP contribution is -2.44. The minimum atomic E-state index is -4.88. The van der Waals surface area contributed by atoms with Gasteiger partial charge < -0.3 is 15.4 Å². The Bertz CT molecular complexity index is 1080. The van der Waals surface area contributed by atoms with Gasteiger partial charge in [0.1, 0.15) is 5.75 Å². The summed E-state index contributed by atoms with van der Waals surface area (Å²) in [7, 11) is 1.83. The summed E-state index contributed by atoms with van der Waals surface area (Å²) < 4.78 is 83.5. The molecule has 12 heteroatoms. The predicted molar refractivity (Wildman–Crippen MR) is 129 cm³/mol. The van der Waals surface area contributed by atoms with Crippen LogP contribution in [-0.4, -0.2) is 49.1 Å². The fourth-order valence-electron chi connectivity index (χ4n) is 4.26. The van der Waals surface area contributed by atoms with Crippen LogP contribution >= 0.6 is 11.8 Å². The number of nitrogens with zero attached hydrogens (tertiary/aromatic N) is 1. The first-order valence-corrected chi connectivity index (χ1v) is 12.8. The highest BCUT2D eigenvalue weighted by Gasteiger charge is 2.35. The van der Waals surface area contributed by atoms with Crippen LogP contribution in [0.2, 0.25) is 0 Å². The Morgan fingerprint density at radius 3 is 2.51 bits per heavy atom. The second kappa shape index (κ2) is 12.4. The van der Waals surface area contributed by atoms with Gasteiger partial charge in [-0.2, -0.15) is 13.2 Å². The molecule has 0 bridgehead atoms. The molecule has 0 aromatic heterocycles. The average Bonchev–Trinajstić information content (AvgIpc) is 2.82. The van der Waals surface area contributed by atoms with E-state index in [-0.39, 0.29) is 30.3 Å². The highest BCUT2D eigenvalue weighted by molar-refractivity contribution is 7.99. The van der Waals surface area contributed by atoms with Gasteiger partial charge in [-0.15, -0.1) is 24.9 Å². The molecule has 2 N–H and O–H groups in total. The fraction of sp³-hybridized carbons (Fsp3) is 0.480. The van der Waals surface area contributed by atoms with Crippen molar-refractivity contribution in [2.45, 2.75) is 56.3 Å². The van der Waals surface area contributed by atoms with Crippen LogP contribution in [0.3, 0.4) is 0 Å². The summed E-state index contributed by atoms with van der Waals surface area (Å²) in [5, 5.41) is 5.68. The third-order valence-electron chi connectivity index (χ3n) is 5.99. The van der Waals surface area contributed by atoms with Crippen molar-refractivity contribution >= 4 is 17.7 Å². The molecule has 2 aromatic rings. The summed E-state index contributed by atoms with van der Waals surface area (Å²) in [6.07, 6.45) is -7.70. The second-order valence-electron chi connectivity index (χ2n) is 8.67. The van der Waals surface area contributed by atoms with Crippen LogP contribution in [0.5, 0.6) is 5.75 Å². The number of carbonyl (C=O) groups is 1. The number of alkyl halides is 6. The van der Waals surface area contributed by atoms with E-state index < -0.39 is 29.8 Å². The molecule has 1 heterocycles. The van der Waals surface area contributed by atoms with E-state index in [1.54, 1.807) is 0 Å². The average molecular weight is 550 g/mol. The van der Waals surface area contributed by atoms with Gasteiger partial charge in [-0.25, -0.2) is 0 Å². The van der Waals surface area contributed by atoms with Gasteiger partial charge in [0.15, 0.2) is 0 Å². The number of likely N-dealkylation sites (N-methyl/N-ethyl adjacent to an activating group) is 1. The van der Waals surface area contributed by atoms with Crippen molar-refractivity contribution in [1.82, 2.24) is 15.5 Å². The number of thioether (sulfide) groups is 1. The molecule has 0 radical (unpaired) electrons. The van der Waals surface area contributed by atoms with Gasteiger partial charge in [0, 0.05) is 36.1 Å². The van der Waals surface area contributed by atoms with Crippen molar-refractivity contribution in [3.8, 4) is 5.75 Å². The molecule has 204 valence electrons. The number of amides is 1. The lowest BCUT2D eigenvalue weighted by molar-refractivity contribution is -0.274. The van der Waals surface area contributed by atoms with Crippen LogP contribution in [0.25, 0.3) is 0 Å². The lowest BCUT2D eigenvalue weighted by Gasteiger charge is -2.33. The number of hydrogen-bond donors (Lipinski definition) is 2. The molecule has 3 rings (SSSR count). The summed E-state index contributed by atoms with van der Waals surface area (Å²) in [5.41, 5.74) is -0.622. The summed E-state index contributed by atoms with van der Waals surface area (Å²) in [4.78, 5) is 15.3. The largest absolute Gasteiger partial charge is 0.573 e. The molecule has 1 aliphatic heterocycles. The van der Waals surface area contributed by atoms with Crippen LogP contribution in [-0.2, 0) is 19.3 Å². The summed E-state index contributed by atoms with van der Waals surface area (Å²) in [5.74, 6) is -0.581. The van der Waals surface area contributed by atoms with E-state index in [1.165, 1.54) is 36.0 Å². The van der Waals surface area contributed by atoms with Gasteiger partial charge in [-0.05, 0) is 73.6 Å². The summed E-state index contributed by atoms with van der Waals surface area (Å²) in [6.45, 7) is 3.10. The molecule has 0 saturated carbocycles. The molecule has 5 nitrogen and oxygen atoms in total. The van der Waals surface area contributed by atoms with Crippen molar-refractivity contribution in [3.63, 3.8) is 0 Å². The lowest BCUT2D eigenvalue weighted by atomic mass is 10.00. The molecular weight excluding hydrogens is 520 g/mol. The minimum absolute atomic E-state index is 0.0828. The number of nitrogens with one attached hydrogen (secondary N) is 2. The number of halogens is 6. The third kappa shape index (κ3) is 8.54. The number of likely N-dealkylation sites (tertiary alicyclic amines) is 1. The van der Waals surface area contributed by atoms with Crippen LogP contribution in [0.15, 0.2) is 41.3 Å². The zero-order valence-corrected chi connectivity index (χ0v) is 21.2. The number of rotatable bonds is 9. The Balaban J connectivity index is 1.77. The molecule has 1 fully saturated rings. The van der Waals surface area contributed by atoms with Crippen molar-refractivity contribution in [1.29, 1.82) is 0 Å². The van der Waals surface area contributed by atoms with E-state index >= 15 is 0 Å². The normalized spacial score (nSPS) is 17.0. The first-order chi connectivity index (χ1) is 17.4. The Labute approximate surface area is 215 Å². The van der Waals surface area contributed by atoms with Gasteiger partial charge in [-0.1, -0.05) is 13.0 Å². The molecule has 2 aromatic carbocycles. The van der Waals surface area contributed by atoms with E-state index in [1.807, 2.05) is 18.9 Å². The maximum absolute atomic E-state index is 13.9. The maximum Gasteiger partial charge on any atom is 0.573 e.